The summed E-state index contributed by atoms with van der Waals surface area (Å²) in [6.45, 7) is 8.39. The Labute approximate surface area is 92.5 Å². The maximum atomic E-state index is 6.16. The first-order valence-corrected chi connectivity index (χ1v) is 5.33. The number of hydrogen-bond donors (Lipinski definition) is 0. The first-order valence-electron chi connectivity index (χ1n) is 3.88. The van der Waals surface area contributed by atoms with Crippen LogP contribution in [-0.4, -0.2) is 0 Å². The number of hydrogen-bond acceptors (Lipinski definition) is 0. The topological polar surface area (TPSA) is 0 Å². The van der Waals surface area contributed by atoms with Crippen molar-refractivity contribution in [1.82, 2.24) is 0 Å². The second kappa shape index (κ2) is 3.54. The average molecular weight is 295 g/mol. The molecule has 0 aliphatic rings. The summed E-state index contributed by atoms with van der Waals surface area (Å²) >= 11 is 8.54. The predicted molar refractivity (Wildman–Crippen MR) is 63.1 cm³/mol. The Morgan fingerprint density at radius 1 is 0.833 bits per heavy atom. The summed E-state index contributed by atoms with van der Waals surface area (Å²) in [5.41, 5.74) is 5.04. The molecular formula is C10H12ClI. The highest BCUT2D eigenvalue weighted by molar-refractivity contribution is 14.1. The molecule has 12 heavy (non-hydrogen) atoms. The smallest absolute Gasteiger partial charge is 0.0470 e. The molecule has 0 fully saturated rings. The Morgan fingerprint density at radius 3 is 1.50 bits per heavy atom. The van der Waals surface area contributed by atoms with E-state index in [1.165, 1.54) is 25.8 Å². The lowest BCUT2D eigenvalue weighted by Crippen LogP contribution is -1.95. The van der Waals surface area contributed by atoms with E-state index in [0.29, 0.717) is 0 Å². The van der Waals surface area contributed by atoms with E-state index in [4.69, 9.17) is 11.6 Å². The van der Waals surface area contributed by atoms with Crippen molar-refractivity contribution in [2.75, 3.05) is 0 Å². The summed E-state index contributed by atoms with van der Waals surface area (Å²) in [6.07, 6.45) is 0. The van der Waals surface area contributed by atoms with Crippen molar-refractivity contribution in [3.63, 3.8) is 0 Å². The van der Waals surface area contributed by atoms with E-state index in [9.17, 15) is 0 Å². The molecule has 0 atom stereocenters. The first-order chi connectivity index (χ1) is 5.46. The van der Waals surface area contributed by atoms with Gasteiger partial charge in [0.15, 0.2) is 0 Å². The summed E-state index contributed by atoms with van der Waals surface area (Å²) < 4.78 is 1.34. The molecule has 0 bridgehead atoms. The molecule has 0 amide bonds. The monoisotopic (exact) mass is 294 g/mol. The van der Waals surface area contributed by atoms with Gasteiger partial charge in [-0.05, 0) is 72.5 Å². The van der Waals surface area contributed by atoms with Gasteiger partial charge in [0.05, 0.1) is 0 Å². The first kappa shape index (κ1) is 10.3. The van der Waals surface area contributed by atoms with E-state index in [2.05, 4.69) is 50.3 Å². The Balaban J connectivity index is 3.60. The lowest BCUT2D eigenvalue weighted by molar-refractivity contribution is 1.21. The SMILES string of the molecule is Cc1c(C)c(I)c(C)c(C)c1Cl. The molecule has 0 saturated carbocycles. The van der Waals surface area contributed by atoms with Crippen molar-refractivity contribution >= 4 is 34.2 Å². The van der Waals surface area contributed by atoms with Gasteiger partial charge >= 0.3 is 0 Å². The van der Waals surface area contributed by atoms with Crippen LogP contribution in [0.5, 0.6) is 0 Å². The van der Waals surface area contributed by atoms with Crippen molar-refractivity contribution in [3.05, 3.63) is 30.8 Å². The zero-order valence-corrected chi connectivity index (χ0v) is 10.7. The molecule has 2 heteroatoms. The number of rotatable bonds is 0. The average Bonchev–Trinajstić information content (AvgIpc) is 2.08. The molecule has 0 N–H and O–H groups in total. The van der Waals surface area contributed by atoms with E-state index >= 15 is 0 Å². The minimum Gasteiger partial charge on any atom is -0.0837 e. The molecule has 0 aromatic heterocycles. The Morgan fingerprint density at radius 2 is 1.17 bits per heavy atom. The summed E-state index contributed by atoms with van der Waals surface area (Å²) in [7, 11) is 0. The van der Waals surface area contributed by atoms with Crippen LogP contribution in [0.25, 0.3) is 0 Å². The van der Waals surface area contributed by atoms with Crippen LogP contribution in [0.1, 0.15) is 22.3 Å². The van der Waals surface area contributed by atoms with E-state index < -0.39 is 0 Å². The van der Waals surface area contributed by atoms with Crippen molar-refractivity contribution in [2.24, 2.45) is 0 Å². The minimum absolute atomic E-state index is 0.922. The summed E-state index contributed by atoms with van der Waals surface area (Å²) in [5.74, 6) is 0. The van der Waals surface area contributed by atoms with Gasteiger partial charge in [-0.15, -0.1) is 0 Å². The molecule has 1 rings (SSSR count). The third-order valence-corrected chi connectivity index (χ3v) is 4.63. The van der Waals surface area contributed by atoms with Gasteiger partial charge in [-0.25, -0.2) is 0 Å². The minimum atomic E-state index is 0.922. The van der Waals surface area contributed by atoms with E-state index in [-0.39, 0.29) is 0 Å². The molecule has 0 unspecified atom stereocenters. The van der Waals surface area contributed by atoms with Gasteiger partial charge in [0.2, 0.25) is 0 Å². The van der Waals surface area contributed by atoms with Gasteiger partial charge in [-0.1, -0.05) is 11.6 Å². The molecular weight excluding hydrogens is 282 g/mol. The third-order valence-electron chi connectivity index (χ3n) is 2.44. The molecule has 0 aliphatic heterocycles. The van der Waals surface area contributed by atoms with Crippen molar-refractivity contribution in [2.45, 2.75) is 27.7 Å². The van der Waals surface area contributed by atoms with E-state index in [1.54, 1.807) is 0 Å². The lowest BCUT2D eigenvalue weighted by atomic mass is 10.0. The van der Waals surface area contributed by atoms with Gasteiger partial charge < -0.3 is 0 Å². The van der Waals surface area contributed by atoms with Crippen LogP contribution in [-0.2, 0) is 0 Å². The Hall–Kier alpha value is 0.240. The number of benzene rings is 1. The zero-order valence-electron chi connectivity index (χ0n) is 7.76. The summed E-state index contributed by atoms with van der Waals surface area (Å²) in [6, 6.07) is 0. The van der Waals surface area contributed by atoms with Gasteiger partial charge in [0, 0.05) is 8.59 Å². The third kappa shape index (κ3) is 1.49. The predicted octanol–water partition coefficient (Wildman–Crippen LogP) is 4.18. The van der Waals surface area contributed by atoms with Gasteiger partial charge in [0.25, 0.3) is 0 Å². The van der Waals surface area contributed by atoms with Crippen LogP contribution >= 0.6 is 34.2 Å². The highest BCUT2D eigenvalue weighted by Crippen LogP contribution is 2.30. The maximum absolute atomic E-state index is 6.16. The standard InChI is InChI=1S/C10H12ClI/c1-5-7(3)10(12)8(4)6(2)9(5)11/h1-4H3. The molecule has 0 heterocycles. The van der Waals surface area contributed by atoms with Crippen LogP contribution in [0.15, 0.2) is 0 Å². The highest BCUT2D eigenvalue weighted by Gasteiger charge is 2.10. The van der Waals surface area contributed by atoms with Gasteiger partial charge in [-0.3, -0.25) is 0 Å². The molecule has 1 aromatic carbocycles. The second-order valence-electron chi connectivity index (χ2n) is 3.13. The highest BCUT2D eigenvalue weighted by atomic mass is 127. The van der Waals surface area contributed by atoms with Crippen LogP contribution in [0.4, 0.5) is 0 Å². The van der Waals surface area contributed by atoms with Gasteiger partial charge in [0.1, 0.15) is 0 Å². The Kier molecular flexibility index (Phi) is 3.05. The molecule has 0 aliphatic carbocycles. The molecule has 0 radical (unpaired) electrons. The quantitative estimate of drug-likeness (QED) is 0.630. The Bertz CT molecular complexity index is 224. The van der Waals surface area contributed by atoms with Gasteiger partial charge in [-0.2, -0.15) is 0 Å². The van der Waals surface area contributed by atoms with Crippen LogP contribution in [0.2, 0.25) is 5.02 Å². The molecule has 1 aromatic rings. The largest absolute Gasteiger partial charge is 0.0837 e. The zero-order chi connectivity index (χ0) is 9.46. The molecule has 0 spiro atoms. The lowest BCUT2D eigenvalue weighted by Gasteiger charge is -2.12. The molecule has 0 saturated heterocycles. The second-order valence-corrected chi connectivity index (χ2v) is 4.58. The fourth-order valence-electron chi connectivity index (χ4n) is 1.22. The molecule has 0 nitrogen and oxygen atoms in total. The normalized spacial score (nSPS) is 10.5. The summed E-state index contributed by atoms with van der Waals surface area (Å²) in [5, 5.41) is 0.922. The number of halogens is 2. The van der Waals surface area contributed by atoms with Crippen molar-refractivity contribution < 1.29 is 0 Å². The van der Waals surface area contributed by atoms with Crippen molar-refractivity contribution in [1.29, 1.82) is 0 Å². The fraction of sp³-hybridized carbons (Fsp3) is 0.400. The van der Waals surface area contributed by atoms with Crippen molar-refractivity contribution in [3.8, 4) is 0 Å². The van der Waals surface area contributed by atoms with Crippen LogP contribution in [0.3, 0.4) is 0 Å². The maximum Gasteiger partial charge on any atom is 0.0470 e. The summed E-state index contributed by atoms with van der Waals surface area (Å²) in [4.78, 5) is 0. The molecule has 66 valence electrons. The van der Waals surface area contributed by atoms with E-state index in [0.717, 1.165) is 5.02 Å². The fourth-order valence-corrected chi connectivity index (χ4v) is 2.31. The van der Waals surface area contributed by atoms with Crippen LogP contribution < -0.4 is 0 Å². The van der Waals surface area contributed by atoms with Crippen LogP contribution in [0, 0.1) is 31.3 Å². The van der Waals surface area contributed by atoms with E-state index in [1.807, 2.05) is 0 Å².